The van der Waals surface area contributed by atoms with Crippen LogP contribution in [-0.4, -0.2) is 56.1 Å². The lowest BCUT2D eigenvalue weighted by molar-refractivity contribution is -0.132. The summed E-state index contributed by atoms with van der Waals surface area (Å²) in [6.07, 6.45) is 8.41. The highest BCUT2D eigenvalue weighted by Gasteiger charge is 2.51. The predicted molar refractivity (Wildman–Crippen MR) is 128 cm³/mol. The zero-order valence-electron chi connectivity index (χ0n) is 20.0. The molecule has 1 aliphatic heterocycles. The Morgan fingerprint density at radius 2 is 1.70 bits per heavy atom. The zero-order valence-corrected chi connectivity index (χ0v) is 20.0. The molecule has 1 aromatic rings. The topological polar surface area (TPSA) is 70.7 Å². The molecule has 1 atom stereocenters. The molecule has 6 nitrogen and oxygen atoms in total. The Hall–Kier alpha value is -1.92. The summed E-state index contributed by atoms with van der Waals surface area (Å²) < 4.78 is 5.52. The number of carbonyl (C=O) groups excluding carboxylic acids is 2. The van der Waals surface area contributed by atoms with Crippen LogP contribution in [0.2, 0.25) is 0 Å². The molecule has 180 valence electrons. The standard InChI is InChI=1S/C27H39N3O3/c1-19-3-2-4-23(9-19)24(30-5-7-33-8-6-30)17-28-26(32)18-29-25(31)16-27-13-20-10-21(14-27)12-22(11-20)15-27/h2-4,9,20-22,24H,5-8,10-18H2,1H3,(H,28,32)(H,29,31). The van der Waals surface area contributed by atoms with E-state index in [-0.39, 0.29) is 29.8 Å². The third kappa shape index (κ3) is 5.43. The highest BCUT2D eigenvalue weighted by atomic mass is 16.5. The molecule has 5 aliphatic rings. The van der Waals surface area contributed by atoms with Crippen LogP contribution in [0.4, 0.5) is 0 Å². The molecule has 4 bridgehead atoms. The maximum absolute atomic E-state index is 12.8. The SMILES string of the molecule is Cc1cccc(C(CNC(=O)CNC(=O)CC23CC4CC(CC(C4)C2)C3)N2CCOCC2)c1. The fraction of sp³-hybridized carbons (Fsp3) is 0.704. The summed E-state index contributed by atoms with van der Waals surface area (Å²) >= 11 is 0. The average molecular weight is 454 g/mol. The predicted octanol–water partition coefficient (Wildman–Crippen LogP) is 3.21. The number of nitrogens with one attached hydrogen (secondary N) is 2. The summed E-state index contributed by atoms with van der Waals surface area (Å²) in [5, 5.41) is 6.00. The molecule has 4 saturated carbocycles. The molecule has 0 spiro atoms. The van der Waals surface area contributed by atoms with Crippen LogP contribution in [0.25, 0.3) is 0 Å². The van der Waals surface area contributed by atoms with Crippen LogP contribution in [0.3, 0.4) is 0 Å². The highest BCUT2D eigenvalue weighted by Crippen LogP contribution is 2.61. The zero-order chi connectivity index (χ0) is 22.8. The molecular weight excluding hydrogens is 414 g/mol. The fourth-order valence-electron chi connectivity index (χ4n) is 7.59. The highest BCUT2D eigenvalue weighted by molar-refractivity contribution is 5.85. The Kier molecular flexibility index (Phi) is 6.75. The second kappa shape index (κ2) is 9.75. The number of amides is 2. The van der Waals surface area contributed by atoms with Gasteiger partial charge in [-0.2, -0.15) is 0 Å². The summed E-state index contributed by atoms with van der Waals surface area (Å²) in [5.74, 6) is 2.46. The third-order valence-corrected chi connectivity index (χ3v) is 8.55. The van der Waals surface area contributed by atoms with Gasteiger partial charge in [0.25, 0.3) is 0 Å². The van der Waals surface area contributed by atoms with Crippen molar-refractivity contribution in [3.8, 4) is 0 Å². The van der Waals surface area contributed by atoms with E-state index in [4.69, 9.17) is 4.74 Å². The largest absolute Gasteiger partial charge is 0.379 e. The molecule has 1 aromatic carbocycles. The van der Waals surface area contributed by atoms with Gasteiger partial charge in [0.2, 0.25) is 11.8 Å². The number of hydrogen-bond acceptors (Lipinski definition) is 4. The molecule has 33 heavy (non-hydrogen) atoms. The first-order valence-electron chi connectivity index (χ1n) is 12.9. The number of rotatable bonds is 8. The monoisotopic (exact) mass is 453 g/mol. The van der Waals surface area contributed by atoms with Crippen molar-refractivity contribution in [2.45, 2.75) is 57.9 Å². The van der Waals surface area contributed by atoms with E-state index in [0.717, 1.165) is 44.1 Å². The number of morpholine rings is 1. The van der Waals surface area contributed by atoms with Gasteiger partial charge in [0.1, 0.15) is 0 Å². The molecule has 5 fully saturated rings. The maximum atomic E-state index is 12.8. The number of nitrogens with zero attached hydrogens (tertiary/aromatic N) is 1. The summed E-state index contributed by atoms with van der Waals surface area (Å²) in [5.41, 5.74) is 2.64. The van der Waals surface area contributed by atoms with Gasteiger partial charge in [0.15, 0.2) is 0 Å². The molecule has 1 saturated heterocycles. The van der Waals surface area contributed by atoms with Gasteiger partial charge >= 0.3 is 0 Å². The summed E-state index contributed by atoms with van der Waals surface area (Å²) in [4.78, 5) is 27.8. The minimum atomic E-state index is -0.111. The van der Waals surface area contributed by atoms with Gasteiger partial charge in [-0.15, -0.1) is 0 Å². The van der Waals surface area contributed by atoms with Crippen molar-refractivity contribution in [3.63, 3.8) is 0 Å². The van der Waals surface area contributed by atoms with Gasteiger partial charge in [0, 0.05) is 26.1 Å². The van der Waals surface area contributed by atoms with Crippen molar-refractivity contribution < 1.29 is 14.3 Å². The molecule has 0 aromatic heterocycles. The van der Waals surface area contributed by atoms with Gasteiger partial charge in [-0.1, -0.05) is 29.8 Å². The van der Waals surface area contributed by atoms with E-state index < -0.39 is 0 Å². The van der Waals surface area contributed by atoms with Gasteiger partial charge in [-0.25, -0.2) is 0 Å². The van der Waals surface area contributed by atoms with Gasteiger partial charge in [-0.3, -0.25) is 14.5 Å². The second-order valence-electron chi connectivity index (χ2n) is 11.3. The molecule has 2 N–H and O–H groups in total. The minimum absolute atomic E-state index is 0.0514. The van der Waals surface area contributed by atoms with Crippen LogP contribution in [0.1, 0.15) is 62.1 Å². The molecule has 1 heterocycles. The number of aryl methyl sites for hydroxylation is 1. The van der Waals surface area contributed by atoms with Crippen LogP contribution in [0.5, 0.6) is 0 Å². The first-order valence-corrected chi connectivity index (χ1v) is 12.9. The third-order valence-electron chi connectivity index (χ3n) is 8.55. The van der Waals surface area contributed by atoms with E-state index in [0.29, 0.717) is 13.0 Å². The Morgan fingerprint density at radius 1 is 1.03 bits per heavy atom. The van der Waals surface area contributed by atoms with E-state index in [1.54, 1.807) is 0 Å². The smallest absolute Gasteiger partial charge is 0.239 e. The molecule has 2 amide bonds. The first-order chi connectivity index (χ1) is 16.0. The van der Waals surface area contributed by atoms with E-state index in [1.165, 1.54) is 49.7 Å². The van der Waals surface area contributed by atoms with E-state index in [9.17, 15) is 9.59 Å². The molecule has 6 heteroatoms. The van der Waals surface area contributed by atoms with Crippen molar-refractivity contribution >= 4 is 11.8 Å². The molecule has 4 aliphatic carbocycles. The van der Waals surface area contributed by atoms with E-state index in [1.807, 2.05) is 0 Å². The van der Waals surface area contributed by atoms with Crippen LogP contribution in [-0.2, 0) is 14.3 Å². The Bertz CT molecular complexity index is 829. The van der Waals surface area contributed by atoms with Crippen molar-refractivity contribution in [3.05, 3.63) is 35.4 Å². The molecular formula is C27H39N3O3. The first kappa shape index (κ1) is 22.9. The fourth-order valence-corrected chi connectivity index (χ4v) is 7.59. The lowest BCUT2D eigenvalue weighted by Crippen LogP contribution is -2.49. The normalized spacial score (nSPS) is 31.8. The minimum Gasteiger partial charge on any atom is -0.379 e. The van der Waals surface area contributed by atoms with Gasteiger partial charge in [0.05, 0.1) is 25.8 Å². The summed E-state index contributed by atoms with van der Waals surface area (Å²) in [6.45, 7) is 5.85. The lowest BCUT2D eigenvalue weighted by atomic mass is 9.49. The number of benzene rings is 1. The van der Waals surface area contributed by atoms with Crippen LogP contribution in [0, 0.1) is 30.1 Å². The van der Waals surface area contributed by atoms with Crippen molar-refractivity contribution in [1.82, 2.24) is 15.5 Å². The Balaban J connectivity index is 1.12. The van der Waals surface area contributed by atoms with Crippen molar-refractivity contribution in [2.75, 3.05) is 39.4 Å². The van der Waals surface area contributed by atoms with Crippen LogP contribution < -0.4 is 10.6 Å². The van der Waals surface area contributed by atoms with E-state index >= 15 is 0 Å². The number of hydrogen-bond donors (Lipinski definition) is 2. The Morgan fingerprint density at radius 3 is 2.33 bits per heavy atom. The summed E-state index contributed by atoms with van der Waals surface area (Å²) in [6, 6.07) is 8.61. The van der Waals surface area contributed by atoms with Gasteiger partial charge in [-0.05, 0) is 74.2 Å². The van der Waals surface area contributed by atoms with E-state index in [2.05, 4.69) is 46.7 Å². The number of carbonyl (C=O) groups is 2. The second-order valence-corrected chi connectivity index (χ2v) is 11.3. The van der Waals surface area contributed by atoms with Gasteiger partial charge < -0.3 is 15.4 Å². The maximum Gasteiger partial charge on any atom is 0.239 e. The molecule has 6 rings (SSSR count). The average Bonchev–Trinajstić information content (AvgIpc) is 2.77. The number of ether oxygens (including phenoxy) is 1. The van der Waals surface area contributed by atoms with Crippen molar-refractivity contribution in [1.29, 1.82) is 0 Å². The van der Waals surface area contributed by atoms with Crippen LogP contribution in [0.15, 0.2) is 24.3 Å². The molecule has 1 unspecified atom stereocenters. The molecule has 0 radical (unpaired) electrons. The quantitative estimate of drug-likeness (QED) is 0.634. The Labute approximate surface area is 197 Å². The lowest BCUT2D eigenvalue weighted by Gasteiger charge is -2.56. The van der Waals surface area contributed by atoms with Crippen LogP contribution >= 0.6 is 0 Å². The van der Waals surface area contributed by atoms with Crippen molar-refractivity contribution in [2.24, 2.45) is 23.2 Å². The summed E-state index contributed by atoms with van der Waals surface area (Å²) in [7, 11) is 0.